The van der Waals surface area contributed by atoms with Crippen molar-refractivity contribution >= 4 is 40.8 Å². The van der Waals surface area contributed by atoms with E-state index in [2.05, 4.69) is 0 Å². The van der Waals surface area contributed by atoms with Gasteiger partial charge in [-0.05, 0) is 25.0 Å². The SMILES string of the molecule is O=C1C(=O)N(C2CCCC2)C(=O)N1Cc1ccc(Cl)s1. The largest absolute Gasteiger partial charge is 0.334 e. The lowest BCUT2D eigenvalue weighted by molar-refractivity contribution is -0.144. The maximum Gasteiger partial charge on any atom is 0.334 e. The molecule has 0 aromatic carbocycles. The molecule has 4 amide bonds. The molecule has 1 saturated heterocycles. The first kappa shape index (κ1) is 13.6. The second kappa shape index (κ2) is 5.18. The van der Waals surface area contributed by atoms with E-state index in [-0.39, 0.29) is 12.6 Å². The number of hydrogen-bond acceptors (Lipinski definition) is 4. The highest BCUT2D eigenvalue weighted by Gasteiger charge is 2.48. The summed E-state index contributed by atoms with van der Waals surface area (Å²) in [7, 11) is 0. The molecule has 1 aliphatic heterocycles. The molecular formula is C13H13ClN2O3S. The van der Waals surface area contributed by atoms with Gasteiger partial charge in [0.15, 0.2) is 0 Å². The molecule has 1 aliphatic carbocycles. The molecule has 0 atom stereocenters. The molecule has 0 radical (unpaired) electrons. The summed E-state index contributed by atoms with van der Waals surface area (Å²) in [5.74, 6) is -1.42. The van der Waals surface area contributed by atoms with Gasteiger partial charge in [-0.2, -0.15) is 0 Å². The Bertz CT molecular complexity index is 580. The van der Waals surface area contributed by atoms with Gasteiger partial charge < -0.3 is 0 Å². The molecule has 1 aromatic heterocycles. The van der Waals surface area contributed by atoms with Crippen LogP contribution in [0.4, 0.5) is 4.79 Å². The van der Waals surface area contributed by atoms with E-state index < -0.39 is 17.8 Å². The summed E-state index contributed by atoms with van der Waals surface area (Å²) in [6, 6.07) is 2.87. The van der Waals surface area contributed by atoms with Crippen molar-refractivity contribution in [2.75, 3.05) is 0 Å². The highest BCUT2D eigenvalue weighted by molar-refractivity contribution is 7.16. The second-order valence-corrected chi connectivity index (χ2v) is 6.79. The molecule has 0 spiro atoms. The van der Waals surface area contributed by atoms with Crippen molar-refractivity contribution in [3.05, 3.63) is 21.3 Å². The number of halogens is 1. The Hall–Kier alpha value is -1.40. The first-order valence-electron chi connectivity index (χ1n) is 6.51. The maximum atomic E-state index is 12.3. The minimum absolute atomic E-state index is 0.115. The van der Waals surface area contributed by atoms with Crippen LogP contribution in [0.1, 0.15) is 30.6 Å². The summed E-state index contributed by atoms with van der Waals surface area (Å²) in [5.41, 5.74) is 0. The number of carbonyl (C=O) groups excluding carboxylic acids is 3. The van der Waals surface area contributed by atoms with Crippen LogP contribution in [0.3, 0.4) is 0 Å². The first-order chi connectivity index (χ1) is 9.58. The number of carbonyl (C=O) groups is 3. The van der Waals surface area contributed by atoms with Gasteiger partial charge in [0, 0.05) is 10.9 Å². The summed E-state index contributed by atoms with van der Waals surface area (Å²) < 4.78 is 0.595. The third-order valence-corrected chi connectivity index (χ3v) is 4.93. The van der Waals surface area contributed by atoms with E-state index in [0.717, 1.165) is 40.4 Å². The first-order valence-corrected chi connectivity index (χ1v) is 7.70. The van der Waals surface area contributed by atoms with Gasteiger partial charge in [0.25, 0.3) is 0 Å². The molecule has 7 heteroatoms. The van der Waals surface area contributed by atoms with Crippen molar-refractivity contribution in [1.82, 2.24) is 9.80 Å². The second-order valence-electron chi connectivity index (χ2n) is 4.99. The van der Waals surface area contributed by atoms with E-state index in [1.807, 2.05) is 0 Å². The Morgan fingerprint density at radius 2 is 1.85 bits per heavy atom. The molecule has 0 bridgehead atoms. The molecule has 0 unspecified atom stereocenters. The summed E-state index contributed by atoms with van der Waals surface area (Å²) in [4.78, 5) is 39.2. The Morgan fingerprint density at radius 1 is 1.15 bits per heavy atom. The topological polar surface area (TPSA) is 57.7 Å². The van der Waals surface area contributed by atoms with Crippen LogP contribution in [0.15, 0.2) is 12.1 Å². The molecule has 3 rings (SSSR count). The van der Waals surface area contributed by atoms with E-state index in [1.165, 1.54) is 11.3 Å². The van der Waals surface area contributed by atoms with Crippen LogP contribution < -0.4 is 0 Å². The predicted molar refractivity (Wildman–Crippen MR) is 74.4 cm³/mol. The molecule has 0 N–H and O–H groups in total. The van der Waals surface area contributed by atoms with Crippen molar-refractivity contribution in [3.8, 4) is 0 Å². The zero-order chi connectivity index (χ0) is 14.3. The fraction of sp³-hybridized carbons (Fsp3) is 0.462. The van der Waals surface area contributed by atoms with Crippen molar-refractivity contribution in [3.63, 3.8) is 0 Å². The Morgan fingerprint density at radius 3 is 2.45 bits per heavy atom. The average molecular weight is 313 g/mol. The Balaban J connectivity index is 1.80. The van der Waals surface area contributed by atoms with E-state index >= 15 is 0 Å². The van der Waals surface area contributed by atoms with Gasteiger partial charge in [0.05, 0.1) is 10.9 Å². The van der Waals surface area contributed by atoms with Crippen LogP contribution in [0, 0.1) is 0 Å². The lowest BCUT2D eigenvalue weighted by Gasteiger charge is -2.20. The lowest BCUT2D eigenvalue weighted by atomic mass is 10.2. The van der Waals surface area contributed by atoms with Crippen LogP contribution in [0.2, 0.25) is 4.34 Å². The fourth-order valence-electron chi connectivity index (χ4n) is 2.74. The standard InChI is InChI=1S/C13H13ClN2O3S/c14-10-6-5-9(20-10)7-15-11(17)12(18)16(13(15)19)8-3-1-2-4-8/h5-6,8H,1-4,7H2. The number of imide groups is 2. The van der Waals surface area contributed by atoms with E-state index in [9.17, 15) is 14.4 Å². The maximum absolute atomic E-state index is 12.3. The molecular weight excluding hydrogens is 300 g/mol. The number of hydrogen-bond donors (Lipinski definition) is 0. The van der Waals surface area contributed by atoms with Crippen molar-refractivity contribution < 1.29 is 14.4 Å². The van der Waals surface area contributed by atoms with Gasteiger partial charge >= 0.3 is 17.8 Å². The minimum Gasteiger partial charge on any atom is -0.263 e. The molecule has 2 heterocycles. The molecule has 1 aromatic rings. The summed E-state index contributed by atoms with van der Waals surface area (Å²) in [5, 5.41) is 0. The molecule has 2 aliphatic rings. The van der Waals surface area contributed by atoms with Crippen molar-refractivity contribution in [2.45, 2.75) is 38.3 Å². The zero-order valence-corrected chi connectivity index (χ0v) is 12.2. The number of nitrogens with zero attached hydrogens (tertiary/aromatic N) is 2. The smallest absolute Gasteiger partial charge is 0.263 e. The summed E-state index contributed by atoms with van der Waals surface area (Å²) in [6.45, 7) is 0.115. The van der Waals surface area contributed by atoms with Crippen LogP contribution in [-0.2, 0) is 16.1 Å². The number of amides is 4. The van der Waals surface area contributed by atoms with E-state index in [4.69, 9.17) is 11.6 Å². The van der Waals surface area contributed by atoms with Crippen LogP contribution in [-0.4, -0.2) is 33.7 Å². The van der Waals surface area contributed by atoms with Gasteiger partial charge in [-0.15, -0.1) is 11.3 Å². The summed E-state index contributed by atoms with van der Waals surface area (Å²) in [6.07, 6.45) is 3.58. The highest BCUT2D eigenvalue weighted by Crippen LogP contribution is 2.29. The van der Waals surface area contributed by atoms with Gasteiger partial charge in [0.2, 0.25) is 0 Å². The number of rotatable bonds is 3. The van der Waals surface area contributed by atoms with E-state index in [0.29, 0.717) is 4.34 Å². The highest BCUT2D eigenvalue weighted by atomic mass is 35.5. The normalized spacial score (nSPS) is 20.6. The van der Waals surface area contributed by atoms with Gasteiger partial charge in [-0.1, -0.05) is 24.4 Å². The third-order valence-electron chi connectivity index (χ3n) is 3.72. The van der Waals surface area contributed by atoms with Gasteiger partial charge in [-0.3, -0.25) is 19.4 Å². The molecule has 106 valence electrons. The van der Waals surface area contributed by atoms with Crippen LogP contribution in [0.5, 0.6) is 0 Å². The summed E-state index contributed by atoms with van der Waals surface area (Å²) >= 11 is 7.14. The minimum atomic E-state index is -0.730. The molecule has 2 fully saturated rings. The van der Waals surface area contributed by atoms with Crippen molar-refractivity contribution in [2.24, 2.45) is 0 Å². The van der Waals surface area contributed by atoms with Crippen LogP contribution >= 0.6 is 22.9 Å². The average Bonchev–Trinajstić information content (AvgIpc) is 3.10. The Labute approximate surface area is 125 Å². The quantitative estimate of drug-likeness (QED) is 0.637. The molecule has 1 saturated carbocycles. The fourth-order valence-corrected chi connectivity index (χ4v) is 3.82. The van der Waals surface area contributed by atoms with Crippen molar-refractivity contribution in [1.29, 1.82) is 0 Å². The third kappa shape index (κ3) is 2.23. The molecule has 5 nitrogen and oxygen atoms in total. The predicted octanol–water partition coefficient (Wildman–Crippen LogP) is 2.63. The zero-order valence-electron chi connectivity index (χ0n) is 10.7. The molecule has 20 heavy (non-hydrogen) atoms. The van der Waals surface area contributed by atoms with Gasteiger partial charge in [-0.25, -0.2) is 4.79 Å². The number of thiophene rings is 1. The van der Waals surface area contributed by atoms with E-state index in [1.54, 1.807) is 12.1 Å². The monoisotopic (exact) mass is 312 g/mol. The van der Waals surface area contributed by atoms with Crippen LogP contribution in [0.25, 0.3) is 0 Å². The van der Waals surface area contributed by atoms with Gasteiger partial charge in [0.1, 0.15) is 0 Å². The lowest BCUT2D eigenvalue weighted by Crippen LogP contribution is -2.39. The Kier molecular flexibility index (Phi) is 3.52. The number of urea groups is 1.